The molecule has 30 heavy (non-hydrogen) atoms. The van der Waals surface area contributed by atoms with Crippen molar-refractivity contribution in [3.63, 3.8) is 0 Å². The van der Waals surface area contributed by atoms with Crippen LogP contribution in [0.5, 0.6) is 11.5 Å². The van der Waals surface area contributed by atoms with Gasteiger partial charge in [0.2, 0.25) is 0 Å². The lowest BCUT2D eigenvalue weighted by atomic mass is 10.2. The number of rotatable bonds is 7. The van der Waals surface area contributed by atoms with Gasteiger partial charge in [-0.1, -0.05) is 47.5 Å². The Kier molecular flexibility index (Phi) is 7.27. The molecule has 0 aliphatic carbocycles. The van der Waals surface area contributed by atoms with Crippen LogP contribution in [0.4, 0.5) is 4.39 Å². The molecule has 1 amide bonds. The zero-order valence-corrected chi connectivity index (χ0v) is 17.4. The summed E-state index contributed by atoms with van der Waals surface area (Å²) in [6.45, 7) is 0.000623. The minimum absolute atomic E-state index is 0.000623. The van der Waals surface area contributed by atoms with Gasteiger partial charge in [-0.25, -0.2) is 9.82 Å². The van der Waals surface area contributed by atoms with Crippen LogP contribution in [-0.2, 0) is 6.61 Å². The van der Waals surface area contributed by atoms with Crippen molar-refractivity contribution in [2.75, 3.05) is 7.11 Å². The SMILES string of the molecule is COc1cccc(/C=N/NC(=O)c2ccc(Cl)cc2Cl)c1OCc1ccccc1F. The number of carbonyl (C=O) groups is 1. The Morgan fingerprint density at radius 3 is 2.67 bits per heavy atom. The Labute approximate surface area is 183 Å². The van der Waals surface area contributed by atoms with Crippen molar-refractivity contribution in [1.29, 1.82) is 0 Å². The third-order valence-corrected chi connectivity index (χ3v) is 4.65. The number of carbonyl (C=O) groups excluding carboxylic acids is 1. The number of hydrazone groups is 1. The first-order valence-electron chi connectivity index (χ1n) is 8.81. The molecule has 8 heteroatoms. The van der Waals surface area contributed by atoms with Gasteiger partial charge in [0.25, 0.3) is 5.91 Å². The normalized spacial score (nSPS) is 10.8. The zero-order chi connectivity index (χ0) is 21.5. The van der Waals surface area contributed by atoms with Crippen LogP contribution in [-0.4, -0.2) is 19.2 Å². The summed E-state index contributed by atoms with van der Waals surface area (Å²) in [4.78, 5) is 12.3. The van der Waals surface area contributed by atoms with Gasteiger partial charge in [-0.05, 0) is 36.4 Å². The minimum Gasteiger partial charge on any atom is -0.493 e. The second-order valence-electron chi connectivity index (χ2n) is 6.08. The van der Waals surface area contributed by atoms with Gasteiger partial charge in [-0.3, -0.25) is 4.79 Å². The summed E-state index contributed by atoms with van der Waals surface area (Å²) >= 11 is 11.9. The van der Waals surface area contributed by atoms with E-state index in [1.165, 1.54) is 31.5 Å². The van der Waals surface area contributed by atoms with Gasteiger partial charge >= 0.3 is 0 Å². The first-order chi connectivity index (χ1) is 14.5. The van der Waals surface area contributed by atoms with Gasteiger partial charge in [-0.15, -0.1) is 0 Å². The highest BCUT2D eigenvalue weighted by Gasteiger charge is 2.12. The summed E-state index contributed by atoms with van der Waals surface area (Å²) in [5.41, 5.74) is 3.57. The standard InChI is InChI=1S/C22H17Cl2FN2O3/c1-29-20-8-4-6-14(21(20)30-13-15-5-2-3-7-19(15)25)12-26-27-22(28)17-10-9-16(23)11-18(17)24/h2-12H,13H2,1H3,(H,27,28)/b26-12+. The molecule has 0 fully saturated rings. The topological polar surface area (TPSA) is 59.9 Å². The maximum absolute atomic E-state index is 13.9. The van der Waals surface area contributed by atoms with Gasteiger partial charge in [0.05, 0.1) is 23.9 Å². The van der Waals surface area contributed by atoms with Crippen LogP contribution in [0.1, 0.15) is 21.5 Å². The number of para-hydroxylation sites is 1. The Balaban J connectivity index is 1.76. The van der Waals surface area contributed by atoms with Crippen LogP contribution < -0.4 is 14.9 Å². The molecule has 0 unspecified atom stereocenters. The fourth-order valence-corrected chi connectivity index (χ4v) is 3.10. The van der Waals surface area contributed by atoms with Crippen LogP contribution in [0.3, 0.4) is 0 Å². The molecule has 1 N–H and O–H groups in total. The van der Waals surface area contributed by atoms with E-state index in [2.05, 4.69) is 10.5 Å². The third kappa shape index (κ3) is 5.28. The number of ether oxygens (including phenoxy) is 2. The Hall–Kier alpha value is -3.09. The molecule has 3 rings (SSSR count). The fraction of sp³-hybridized carbons (Fsp3) is 0.0909. The van der Waals surface area contributed by atoms with Gasteiger partial charge in [0.1, 0.15) is 12.4 Å². The monoisotopic (exact) mass is 446 g/mol. The summed E-state index contributed by atoms with van der Waals surface area (Å²) in [5, 5.41) is 4.60. The third-order valence-electron chi connectivity index (χ3n) is 4.10. The van der Waals surface area contributed by atoms with Crippen LogP contribution in [0, 0.1) is 5.82 Å². The van der Waals surface area contributed by atoms with E-state index in [0.717, 1.165) is 0 Å². The molecule has 0 atom stereocenters. The summed E-state index contributed by atoms with van der Waals surface area (Å²) in [6.07, 6.45) is 1.40. The van der Waals surface area contributed by atoms with E-state index < -0.39 is 5.91 Å². The zero-order valence-electron chi connectivity index (χ0n) is 15.9. The number of benzene rings is 3. The maximum atomic E-state index is 13.9. The first-order valence-corrected chi connectivity index (χ1v) is 9.57. The molecule has 154 valence electrons. The van der Waals surface area contributed by atoms with E-state index >= 15 is 0 Å². The van der Waals surface area contributed by atoms with Gasteiger partial charge in [-0.2, -0.15) is 5.10 Å². The van der Waals surface area contributed by atoms with Crippen LogP contribution in [0.25, 0.3) is 0 Å². The van der Waals surface area contributed by atoms with Crippen LogP contribution in [0.15, 0.2) is 65.8 Å². The Bertz CT molecular complexity index is 1090. The molecular formula is C22H17Cl2FN2O3. The lowest BCUT2D eigenvalue weighted by Crippen LogP contribution is -2.18. The molecule has 0 saturated carbocycles. The average Bonchev–Trinajstić information content (AvgIpc) is 2.73. The van der Waals surface area contributed by atoms with Gasteiger partial charge < -0.3 is 9.47 Å². The highest BCUT2D eigenvalue weighted by Crippen LogP contribution is 2.31. The molecule has 0 bridgehead atoms. The van der Waals surface area contributed by atoms with E-state index in [9.17, 15) is 9.18 Å². The molecule has 0 spiro atoms. The summed E-state index contributed by atoms with van der Waals surface area (Å²) < 4.78 is 25.0. The van der Waals surface area contributed by atoms with Crippen molar-refractivity contribution in [3.05, 3.63) is 93.2 Å². The highest BCUT2D eigenvalue weighted by molar-refractivity contribution is 6.36. The number of nitrogens with one attached hydrogen (secondary N) is 1. The maximum Gasteiger partial charge on any atom is 0.272 e. The van der Waals surface area contributed by atoms with Crippen LogP contribution >= 0.6 is 23.2 Å². The minimum atomic E-state index is -0.496. The smallest absolute Gasteiger partial charge is 0.272 e. The lowest BCUT2D eigenvalue weighted by molar-refractivity contribution is 0.0955. The number of halogens is 3. The fourth-order valence-electron chi connectivity index (χ4n) is 2.61. The number of amides is 1. The number of methoxy groups -OCH3 is 1. The molecule has 0 saturated heterocycles. The quantitative estimate of drug-likeness (QED) is 0.385. The number of nitrogens with zero attached hydrogens (tertiary/aromatic N) is 1. The molecule has 0 aromatic heterocycles. The predicted molar refractivity (Wildman–Crippen MR) is 115 cm³/mol. The molecule has 5 nitrogen and oxygen atoms in total. The lowest BCUT2D eigenvalue weighted by Gasteiger charge is -2.13. The predicted octanol–water partition coefficient (Wildman–Crippen LogP) is 5.48. The van der Waals surface area contributed by atoms with E-state index in [-0.39, 0.29) is 23.0 Å². The van der Waals surface area contributed by atoms with E-state index in [0.29, 0.717) is 27.6 Å². The first kappa shape index (κ1) is 21.6. The van der Waals surface area contributed by atoms with Crippen molar-refractivity contribution in [3.8, 4) is 11.5 Å². The molecule has 3 aromatic rings. The number of hydrogen-bond donors (Lipinski definition) is 1. The van der Waals surface area contributed by atoms with Crippen molar-refractivity contribution in [2.45, 2.75) is 6.61 Å². The van der Waals surface area contributed by atoms with Crippen LogP contribution in [0.2, 0.25) is 10.0 Å². The average molecular weight is 447 g/mol. The molecule has 0 heterocycles. The number of hydrogen-bond acceptors (Lipinski definition) is 4. The molecule has 3 aromatic carbocycles. The Morgan fingerprint density at radius 2 is 1.93 bits per heavy atom. The Morgan fingerprint density at radius 1 is 1.13 bits per heavy atom. The summed E-state index contributed by atoms with van der Waals surface area (Å²) in [7, 11) is 1.50. The van der Waals surface area contributed by atoms with Gasteiger partial charge in [0.15, 0.2) is 11.5 Å². The second kappa shape index (κ2) is 10.1. The molecule has 0 radical (unpaired) electrons. The molecule has 0 aliphatic rings. The summed E-state index contributed by atoms with van der Waals surface area (Å²) in [6, 6.07) is 16.0. The second-order valence-corrected chi connectivity index (χ2v) is 6.93. The van der Waals surface area contributed by atoms with Crippen molar-refractivity contribution >= 4 is 35.3 Å². The summed E-state index contributed by atoms with van der Waals surface area (Å²) in [5.74, 6) is -0.0486. The molecule has 0 aliphatic heterocycles. The largest absolute Gasteiger partial charge is 0.493 e. The molecular weight excluding hydrogens is 430 g/mol. The van der Waals surface area contributed by atoms with Crippen molar-refractivity contribution in [2.24, 2.45) is 5.10 Å². The van der Waals surface area contributed by atoms with E-state index in [1.807, 2.05) is 0 Å². The van der Waals surface area contributed by atoms with Gasteiger partial charge in [0, 0.05) is 16.1 Å². The van der Waals surface area contributed by atoms with Crippen molar-refractivity contribution < 1.29 is 18.7 Å². The van der Waals surface area contributed by atoms with E-state index in [1.54, 1.807) is 42.5 Å². The van der Waals surface area contributed by atoms with E-state index in [4.69, 9.17) is 32.7 Å². The highest BCUT2D eigenvalue weighted by atomic mass is 35.5. The van der Waals surface area contributed by atoms with Crippen molar-refractivity contribution in [1.82, 2.24) is 5.43 Å².